The lowest BCUT2D eigenvalue weighted by atomic mass is 10.2. The van der Waals surface area contributed by atoms with Crippen LogP contribution in [0, 0.1) is 5.92 Å². The summed E-state index contributed by atoms with van der Waals surface area (Å²) < 4.78 is 5.19. The first-order valence-corrected chi connectivity index (χ1v) is 6.55. The van der Waals surface area contributed by atoms with Gasteiger partial charge in [0, 0.05) is 20.2 Å². The average molecular weight is 251 g/mol. The Bertz CT molecular complexity index is 342. The van der Waals surface area contributed by atoms with E-state index < -0.39 is 0 Å². The van der Waals surface area contributed by atoms with Crippen LogP contribution in [0.2, 0.25) is 0 Å². The summed E-state index contributed by atoms with van der Waals surface area (Å²) in [5, 5.41) is 6.66. The van der Waals surface area contributed by atoms with E-state index in [2.05, 4.69) is 29.5 Å². The smallest absolute Gasteiger partial charge is 0.126 e. The highest BCUT2D eigenvalue weighted by Crippen LogP contribution is 2.05. The fourth-order valence-corrected chi connectivity index (χ4v) is 1.50. The van der Waals surface area contributed by atoms with E-state index in [0.29, 0.717) is 5.92 Å². The number of ether oxygens (including phenoxy) is 1. The second kappa shape index (κ2) is 8.06. The van der Waals surface area contributed by atoms with E-state index in [1.54, 1.807) is 7.11 Å². The standard InChI is InChI=1S/C14H25N3O/c1-11(2)8-15-10-13-6-5-7-14(17-13)16-9-12(3)18-4/h5-7,11-12,15H,8-10H2,1-4H3,(H,16,17). The molecule has 1 aromatic heterocycles. The molecule has 4 nitrogen and oxygen atoms in total. The number of nitrogens with one attached hydrogen (secondary N) is 2. The molecule has 4 heteroatoms. The summed E-state index contributed by atoms with van der Waals surface area (Å²) in [6.45, 7) is 9.02. The van der Waals surface area contributed by atoms with E-state index in [4.69, 9.17) is 4.74 Å². The van der Waals surface area contributed by atoms with E-state index in [1.165, 1.54) is 0 Å². The van der Waals surface area contributed by atoms with Gasteiger partial charge in [0.15, 0.2) is 0 Å². The molecule has 1 unspecified atom stereocenters. The van der Waals surface area contributed by atoms with Crippen LogP contribution in [0.15, 0.2) is 18.2 Å². The molecule has 0 saturated heterocycles. The van der Waals surface area contributed by atoms with Crippen molar-refractivity contribution in [2.75, 3.05) is 25.5 Å². The van der Waals surface area contributed by atoms with Crippen LogP contribution in [-0.2, 0) is 11.3 Å². The van der Waals surface area contributed by atoms with Crippen LogP contribution >= 0.6 is 0 Å². The summed E-state index contributed by atoms with van der Waals surface area (Å²) in [6, 6.07) is 6.05. The second-order valence-electron chi connectivity index (χ2n) is 4.97. The molecule has 1 atom stereocenters. The average Bonchev–Trinajstić information content (AvgIpc) is 2.36. The van der Waals surface area contributed by atoms with Crippen molar-refractivity contribution < 1.29 is 4.74 Å². The topological polar surface area (TPSA) is 46.2 Å². The van der Waals surface area contributed by atoms with Gasteiger partial charge in [-0.15, -0.1) is 0 Å². The first-order chi connectivity index (χ1) is 8.61. The Labute approximate surface area is 110 Å². The molecule has 102 valence electrons. The van der Waals surface area contributed by atoms with Gasteiger partial charge in [0.05, 0.1) is 11.8 Å². The third-order valence-electron chi connectivity index (χ3n) is 2.64. The van der Waals surface area contributed by atoms with Crippen molar-refractivity contribution in [2.24, 2.45) is 5.92 Å². The van der Waals surface area contributed by atoms with Crippen LogP contribution in [0.4, 0.5) is 5.82 Å². The van der Waals surface area contributed by atoms with Gasteiger partial charge in [-0.3, -0.25) is 0 Å². The summed E-state index contributed by atoms with van der Waals surface area (Å²) in [5.74, 6) is 1.57. The lowest BCUT2D eigenvalue weighted by Crippen LogP contribution is -2.21. The molecule has 0 radical (unpaired) electrons. The van der Waals surface area contributed by atoms with Gasteiger partial charge in [0.25, 0.3) is 0 Å². The Morgan fingerprint density at radius 2 is 2.00 bits per heavy atom. The Hall–Kier alpha value is -1.13. The summed E-state index contributed by atoms with van der Waals surface area (Å²) in [7, 11) is 1.71. The molecule has 2 N–H and O–H groups in total. The minimum absolute atomic E-state index is 0.189. The highest BCUT2D eigenvalue weighted by Gasteiger charge is 2.01. The summed E-state index contributed by atoms with van der Waals surface area (Å²) in [4.78, 5) is 4.55. The Balaban J connectivity index is 2.41. The molecular formula is C14H25N3O. The second-order valence-corrected chi connectivity index (χ2v) is 4.97. The maximum Gasteiger partial charge on any atom is 0.126 e. The molecule has 0 aliphatic rings. The third kappa shape index (κ3) is 5.98. The molecule has 0 saturated carbocycles. The molecule has 1 rings (SSSR count). The molecule has 0 bridgehead atoms. The Kier molecular flexibility index (Phi) is 6.68. The number of methoxy groups -OCH3 is 1. The zero-order valence-corrected chi connectivity index (χ0v) is 11.9. The lowest BCUT2D eigenvalue weighted by Gasteiger charge is -2.12. The zero-order chi connectivity index (χ0) is 13.4. The van der Waals surface area contributed by atoms with Crippen LogP contribution in [0.5, 0.6) is 0 Å². The number of anilines is 1. The van der Waals surface area contributed by atoms with Crippen LogP contribution in [0.3, 0.4) is 0 Å². The summed E-state index contributed by atoms with van der Waals surface area (Å²) >= 11 is 0. The first kappa shape index (κ1) is 14.9. The predicted octanol–water partition coefficient (Wildman–Crippen LogP) is 2.27. The fourth-order valence-electron chi connectivity index (χ4n) is 1.50. The number of rotatable bonds is 8. The molecule has 0 aliphatic heterocycles. The van der Waals surface area contributed by atoms with Crippen molar-refractivity contribution in [3.63, 3.8) is 0 Å². The number of aromatic nitrogens is 1. The maximum atomic E-state index is 5.19. The van der Waals surface area contributed by atoms with Crippen LogP contribution < -0.4 is 10.6 Å². The van der Waals surface area contributed by atoms with Gasteiger partial charge in [-0.25, -0.2) is 4.98 Å². The van der Waals surface area contributed by atoms with Crippen molar-refractivity contribution in [1.82, 2.24) is 10.3 Å². The Morgan fingerprint density at radius 1 is 1.22 bits per heavy atom. The Morgan fingerprint density at radius 3 is 2.67 bits per heavy atom. The van der Waals surface area contributed by atoms with E-state index >= 15 is 0 Å². The van der Waals surface area contributed by atoms with Gasteiger partial charge in [0.2, 0.25) is 0 Å². The van der Waals surface area contributed by atoms with Gasteiger partial charge in [-0.1, -0.05) is 19.9 Å². The minimum atomic E-state index is 0.189. The highest BCUT2D eigenvalue weighted by atomic mass is 16.5. The highest BCUT2D eigenvalue weighted by molar-refractivity contribution is 5.35. The summed E-state index contributed by atoms with van der Waals surface area (Å²) in [5.41, 5.74) is 1.06. The van der Waals surface area contributed by atoms with E-state index in [1.807, 2.05) is 25.1 Å². The molecule has 0 spiro atoms. The predicted molar refractivity (Wildman–Crippen MR) is 75.7 cm³/mol. The van der Waals surface area contributed by atoms with E-state index in [-0.39, 0.29) is 6.10 Å². The van der Waals surface area contributed by atoms with E-state index in [0.717, 1.165) is 31.1 Å². The molecular weight excluding hydrogens is 226 g/mol. The van der Waals surface area contributed by atoms with Crippen molar-refractivity contribution in [3.8, 4) is 0 Å². The molecule has 1 heterocycles. The minimum Gasteiger partial charge on any atom is -0.380 e. The van der Waals surface area contributed by atoms with Crippen molar-refractivity contribution in [1.29, 1.82) is 0 Å². The van der Waals surface area contributed by atoms with Gasteiger partial charge in [-0.05, 0) is 31.5 Å². The number of pyridine rings is 1. The van der Waals surface area contributed by atoms with Crippen LogP contribution in [-0.4, -0.2) is 31.3 Å². The van der Waals surface area contributed by atoms with Gasteiger partial charge in [-0.2, -0.15) is 0 Å². The molecule has 1 aromatic rings. The van der Waals surface area contributed by atoms with Crippen LogP contribution in [0.25, 0.3) is 0 Å². The molecule has 18 heavy (non-hydrogen) atoms. The fraction of sp³-hybridized carbons (Fsp3) is 0.643. The maximum absolute atomic E-state index is 5.19. The third-order valence-corrected chi connectivity index (χ3v) is 2.64. The summed E-state index contributed by atoms with van der Waals surface area (Å²) in [6.07, 6.45) is 0.189. The van der Waals surface area contributed by atoms with Crippen molar-refractivity contribution in [3.05, 3.63) is 23.9 Å². The molecule has 0 fully saturated rings. The number of hydrogen-bond donors (Lipinski definition) is 2. The molecule has 0 amide bonds. The molecule has 0 aromatic carbocycles. The zero-order valence-electron chi connectivity index (χ0n) is 11.9. The first-order valence-electron chi connectivity index (χ1n) is 6.55. The van der Waals surface area contributed by atoms with Crippen molar-refractivity contribution >= 4 is 5.82 Å². The van der Waals surface area contributed by atoms with Gasteiger partial charge >= 0.3 is 0 Å². The SMILES string of the molecule is COC(C)CNc1cccc(CNCC(C)C)n1. The monoisotopic (exact) mass is 251 g/mol. The lowest BCUT2D eigenvalue weighted by molar-refractivity contribution is 0.128. The van der Waals surface area contributed by atoms with Gasteiger partial charge < -0.3 is 15.4 Å². The quantitative estimate of drug-likeness (QED) is 0.744. The van der Waals surface area contributed by atoms with Gasteiger partial charge in [0.1, 0.15) is 5.82 Å². The van der Waals surface area contributed by atoms with E-state index in [9.17, 15) is 0 Å². The normalized spacial score (nSPS) is 12.7. The van der Waals surface area contributed by atoms with Crippen molar-refractivity contribution in [2.45, 2.75) is 33.4 Å². The van der Waals surface area contributed by atoms with Crippen LogP contribution in [0.1, 0.15) is 26.5 Å². The number of hydrogen-bond acceptors (Lipinski definition) is 4. The largest absolute Gasteiger partial charge is 0.380 e. The number of nitrogens with zero attached hydrogens (tertiary/aromatic N) is 1. The molecule has 0 aliphatic carbocycles.